The lowest BCUT2D eigenvalue weighted by molar-refractivity contribution is -0.122. The van der Waals surface area contributed by atoms with Gasteiger partial charge >= 0.3 is 6.03 Å². The lowest BCUT2D eigenvalue weighted by Crippen LogP contribution is -2.47. The van der Waals surface area contributed by atoms with E-state index in [2.05, 4.69) is 10.4 Å². The SMILES string of the molecule is Cc1cccc(Oc2ccc(N3C(=O)NC(C)(Cn4cccn4)C3=O)cc2)c1. The van der Waals surface area contributed by atoms with E-state index in [4.69, 9.17) is 4.74 Å². The molecule has 0 saturated carbocycles. The summed E-state index contributed by atoms with van der Waals surface area (Å²) in [7, 11) is 0. The van der Waals surface area contributed by atoms with Crippen molar-refractivity contribution >= 4 is 17.6 Å². The summed E-state index contributed by atoms with van der Waals surface area (Å²) in [5.41, 5.74) is 0.535. The molecule has 1 N–H and O–H groups in total. The van der Waals surface area contributed by atoms with Crippen molar-refractivity contribution in [2.24, 2.45) is 0 Å². The molecule has 1 aliphatic rings. The average molecular weight is 376 g/mol. The zero-order valence-electron chi connectivity index (χ0n) is 15.6. The highest BCUT2D eigenvalue weighted by atomic mass is 16.5. The van der Waals surface area contributed by atoms with Crippen LogP contribution in [0.3, 0.4) is 0 Å². The molecule has 3 amide bonds. The molecule has 1 unspecified atom stereocenters. The topological polar surface area (TPSA) is 76.5 Å². The predicted molar refractivity (Wildman–Crippen MR) is 104 cm³/mol. The van der Waals surface area contributed by atoms with Crippen molar-refractivity contribution in [1.29, 1.82) is 0 Å². The fourth-order valence-electron chi connectivity index (χ4n) is 3.22. The van der Waals surface area contributed by atoms with Crippen molar-refractivity contribution in [3.63, 3.8) is 0 Å². The third-order valence-corrected chi connectivity index (χ3v) is 4.62. The summed E-state index contributed by atoms with van der Waals surface area (Å²) < 4.78 is 7.45. The molecule has 1 fully saturated rings. The third kappa shape index (κ3) is 3.34. The van der Waals surface area contributed by atoms with Crippen molar-refractivity contribution in [1.82, 2.24) is 15.1 Å². The maximum atomic E-state index is 12.9. The van der Waals surface area contributed by atoms with Gasteiger partial charge in [-0.15, -0.1) is 0 Å². The molecule has 2 aromatic carbocycles. The second-order valence-corrected chi connectivity index (χ2v) is 7.02. The minimum Gasteiger partial charge on any atom is -0.457 e. The summed E-state index contributed by atoms with van der Waals surface area (Å²) in [6.45, 7) is 3.95. The highest BCUT2D eigenvalue weighted by Crippen LogP contribution is 2.29. The van der Waals surface area contributed by atoms with Crippen molar-refractivity contribution in [3.05, 3.63) is 72.6 Å². The summed E-state index contributed by atoms with van der Waals surface area (Å²) >= 11 is 0. The Kier molecular flexibility index (Phi) is 4.35. The Hall–Kier alpha value is -3.61. The van der Waals surface area contributed by atoms with Crippen LogP contribution < -0.4 is 15.0 Å². The first-order valence-corrected chi connectivity index (χ1v) is 8.93. The van der Waals surface area contributed by atoms with E-state index in [1.807, 2.05) is 31.2 Å². The Labute approximate surface area is 162 Å². The van der Waals surface area contributed by atoms with E-state index in [0.717, 1.165) is 16.2 Å². The summed E-state index contributed by atoms with van der Waals surface area (Å²) in [5.74, 6) is 1.04. The van der Waals surface area contributed by atoms with E-state index >= 15 is 0 Å². The highest BCUT2D eigenvalue weighted by molar-refractivity contribution is 6.23. The van der Waals surface area contributed by atoms with E-state index < -0.39 is 11.6 Å². The van der Waals surface area contributed by atoms with Gasteiger partial charge in [-0.25, -0.2) is 9.69 Å². The number of carbonyl (C=O) groups is 2. The summed E-state index contributed by atoms with van der Waals surface area (Å²) in [6.07, 6.45) is 3.39. The molecule has 142 valence electrons. The number of amides is 3. The van der Waals surface area contributed by atoms with Crippen LogP contribution in [0.1, 0.15) is 12.5 Å². The van der Waals surface area contributed by atoms with Gasteiger partial charge in [0.05, 0.1) is 12.2 Å². The fourth-order valence-corrected chi connectivity index (χ4v) is 3.22. The largest absolute Gasteiger partial charge is 0.457 e. The molecule has 7 nitrogen and oxygen atoms in total. The predicted octanol–water partition coefficient (Wildman–Crippen LogP) is 3.50. The highest BCUT2D eigenvalue weighted by Gasteiger charge is 2.48. The number of anilines is 1. The Morgan fingerprint density at radius 3 is 2.54 bits per heavy atom. The first-order chi connectivity index (χ1) is 13.4. The molecule has 0 radical (unpaired) electrons. The number of benzene rings is 2. The van der Waals surface area contributed by atoms with Gasteiger partial charge in [-0.1, -0.05) is 12.1 Å². The van der Waals surface area contributed by atoms with Crippen molar-refractivity contribution < 1.29 is 14.3 Å². The van der Waals surface area contributed by atoms with E-state index in [-0.39, 0.29) is 12.5 Å². The molecule has 1 aliphatic heterocycles. The van der Waals surface area contributed by atoms with Gasteiger partial charge < -0.3 is 10.1 Å². The molecule has 28 heavy (non-hydrogen) atoms. The van der Waals surface area contributed by atoms with Crippen molar-refractivity contribution in [2.75, 3.05) is 4.90 Å². The maximum Gasteiger partial charge on any atom is 0.329 e. The molecule has 7 heteroatoms. The molecule has 2 heterocycles. The second-order valence-electron chi connectivity index (χ2n) is 7.02. The standard InChI is InChI=1S/C21H20N4O3/c1-15-5-3-6-18(13-15)28-17-9-7-16(8-10-17)25-19(26)21(2,23-20(25)27)14-24-12-4-11-22-24/h3-13H,14H2,1-2H3,(H,23,27). The number of nitrogens with zero attached hydrogens (tertiary/aromatic N) is 3. The number of urea groups is 1. The summed E-state index contributed by atoms with van der Waals surface area (Å²) in [6, 6.07) is 15.9. The van der Waals surface area contributed by atoms with Crippen LogP contribution in [0.4, 0.5) is 10.5 Å². The number of hydrogen-bond acceptors (Lipinski definition) is 4. The van der Waals surface area contributed by atoms with E-state index in [1.165, 1.54) is 0 Å². The number of ether oxygens (including phenoxy) is 1. The normalized spacial score (nSPS) is 19.0. The Balaban J connectivity index is 1.52. The van der Waals surface area contributed by atoms with Crippen LogP contribution in [0.2, 0.25) is 0 Å². The first kappa shape index (κ1) is 17.8. The van der Waals surface area contributed by atoms with Crippen LogP contribution in [0.5, 0.6) is 11.5 Å². The molecular formula is C21H20N4O3. The lowest BCUT2D eigenvalue weighted by atomic mass is 10.0. The molecule has 1 aromatic heterocycles. The Bertz CT molecular complexity index is 1010. The molecule has 4 rings (SSSR count). The fraction of sp³-hybridized carbons (Fsp3) is 0.190. The third-order valence-electron chi connectivity index (χ3n) is 4.62. The lowest BCUT2D eigenvalue weighted by Gasteiger charge is -2.21. The molecular weight excluding hydrogens is 356 g/mol. The van der Waals surface area contributed by atoms with Crippen LogP contribution >= 0.6 is 0 Å². The van der Waals surface area contributed by atoms with Gasteiger partial charge in [0.15, 0.2) is 0 Å². The minimum absolute atomic E-state index is 0.260. The number of aryl methyl sites for hydroxylation is 1. The monoisotopic (exact) mass is 376 g/mol. The number of hydrogen-bond donors (Lipinski definition) is 1. The minimum atomic E-state index is -1.06. The molecule has 3 aromatic rings. The van der Waals surface area contributed by atoms with Gasteiger partial charge in [-0.3, -0.25) is 9.48 Å². The summed E-state index contributed by atoms with van der Waals surface area (Å²) in [4.78, 5) is 26.6. The Morgan fingerprint density at radius 2 is 1.86 bits per heavy atom. The molecule has 0 bridgehead atoms. The van der Waals surface area contributed by atoms with Gasteiger partial charge in [0.25, 0.3) is 5.91 Å². The van der Waals surface area contributed by atoms with Crippen molar-refractivity contribution in [3.8, 4) is 11.5 Å². The van der Waals surface area contributed by atoms with Gasteiger partial charge in [0.1, 0.15) is 17.0 Å². The quantitative estimate of drug-likeness (QED) is 0.692. The number of rotatable bonds is 5. The van der Waals surface area contributed by atoms with Crippen LogP contribution in [0.15, 0.2) is 67.0 Å². The zero-order chi connectivity index (χ0) is 19.7. The van der Waals surface area contributed by atoms with Crippen LogP contribution in [-0.2, 0) is 11.3 Å². The van der Waals surface area contributed by atoms with Crippen LogP contribution in [0.25, 0.3) is 0 Å². The number of nitrogens with one attached hydrogen (secondary N) is 1. The van der Waals surface area contributed by atoms with Crippen LogP contribution in [-0.4, -0.2) is 27.3 Å². The molecule has 0 aliphatic carbocycles. The molecule has 1 saturated heterocycles. The van der Waals surface area contributed by atoms with Gasteiger partial charge in [0.2, 0.25) is 0 Å². The second kappa shape index (κ2) is 6.84. The van der Waals surface area contributed by atoms with E-state index in [0.29, 0.717) is 11.4 Å². The van der Waals surface area contributed by atoms with Gasteiger partial charge in [-0.2, -0.15) is 5.10 Å². The molecule has 0 spiro atoms. The van der Waals surface area contributed by atoms with Crippen molar-refractivity contribution in [2.45, 2.75) is 25.9 Å². The smallest absolute Gasteiger partial charge is 0.329 e. The molecule has 1 atom stereocenters. The van der Waals surface area contributed by atoms with Crippen LogP contribution in [0, 0.1) is 6.92 Å². The average Bonchev–Trinajstić information content (AvgIpc) is 3.23. The Morgan fingerprint density at radius 1 is 1.07 bits per heavy atom. The summed E-state index contributed by atoms with van der Waals surface area (Å²) in [5, 5.41) is 6.89. The van der Waals surface area contributed by atoms with Gasteiger partial charge in [0, 0.05) is 12.4 Å². The number of aromatic nitrogens is 2. The zero-order valence-corrected chi connectivity index (χ0v) is 15.6. The first-order valence-electron chi connectivity index (χ1n) is 8.93. The maximum absolute atomic E-state index is 12.9. The number of carbonyl (C=O) groups excluding carboxylic acids is 2. The van der Waals surface area contributed by atoms with E-state index in [1.54, 1.807) is 54.3 Å². The van der Waals surface area contributed by atoms with E-state index in [9.17, 15) is 9.59 Å². The number of imide groups is 1. The van der Waals surface area contributed by atoms with Gasteiger partial charge in [-0.05, 0) is 61.9 Å².